The zero-order valence-electron chi connectivity index (χ0n) is 11.0. The fourth-order valence-electron chi connectivity index (χ4n) is 2.81. The van der Waals surface area contributed by atoms with Gasteiger partial charge in [0.2, 0.25) is 0 Å². The van der Waals surface area contributed by atoms with E-state index < -0.39 is 0 Å². The molecule has 0 saturated heterocycles. The monoisotopic (exact) mass is 274 g/mol. The van der Waals surface area contributed by atoms with Gasteiger partial charge in [-0.3, -0.25) is 4.90 Å². The van der Waals surface area contributed by atoms with Crippen molar-refractivity contribution in [3.05, 3.63) is 70.8 Å². The molecule has 2 aromatic carbocycles. The van der Waals surface area contributed by atoms with E-state index in [2.05, 4.69) is 4.90 Å². The fraction of sp³-hybridized carbons (Fsp3) is 0.250. The van der Waals surface area contributed by atoms with Gasteiger partial charge in [-0.2, -0.15) is 0 Å². The molecule has 0 amide bonds. The normalized spacial score (nSPS) is 18.2. The Morgan fingerprint density at radius 3 is 2.45 bits per heavy atom. The van der Waals surface area contributed by atoms with Crippen LogP contribution in [0, 0.1) is 11.6 Å². The van der Waals surface area contributed by atoms with Crippen molar-refractivity contribution in [3.8, 4) is 0 Å². The highest BCUT2D eigenvalue weighted by molar-refractivity contribution is 5.35. The first-order chi connectivity index (χ1) is 9.67. The van der Waals surface area contributed by atoms with Crippen LogP contribution < -0.4 is 5.73 Å². The van der Waals surface area contributed by atoms with Crippen molar-refractivity contribution in [2.45, 2.75) is 19.1 Å². The Bertz CT molecular complexity index is 610. The Hall–Kier alpha value is -1.78. The van der Waals surface area contributed by atoms with Crippen molar-refractivity contribution in [1.29, 1.82) is 0 Å². The number of nitrogens with two attached hydrogens (primary N) is 1. The van der Waals surface area contributed by atoms with E-state index in [1.807, 2.05) is 6.07 Å². The summed E-state index contributed by atoms with van der Waals surface area (Å²) in [6.07, 6.45) is 0. The molecule has 1 heterocycles. The number of nitrogens with zero attached hydrogens (tertiary/aromatic N) is 1. The minimum absolute atomic E-state index is 0.0192. The van der Waals surface area contributed by atoms with Gasteiger partial charge in [-0.1, -0.05) is 18.2 Å². The second kappa shape index (κ2) is 5.31. The molecule has 0 radical (unpaired) electrons. The SMILES string of the molecule is NCC1c2cc(F)ccc2CN1Cc1ccc(F)cc1. The molecule has 0 bridgehead atoms. The van der Waals surface area contributed by atoms with Gasteiger partial charge in [0.1, 0.15) is 11.6 Å². The van der Waals surface area contributed by atoms with Crippen LogP contribution in [0.2, 0.25) is 0 Å². The average molecular weight is 274 g/mol. The molecule has 2 nitrogen and oxygen atoms in total. The van der Waals surface area contributed by atoms with Gasteiger partial charge in [0.05, 0.1) is 0 Å². The summed E-state index contributed by atoms with van der Waals surface area (Å²) in [7, 11) is 0. The molecular formula is C16H16F2N2. The van der Waals surface area contributed by atoms with Crippen LogP contribution in [0.25, 0.3) is 0 Å². The van der Waals surface area contributed by atoms with E-state index >= 15 is 0 Å². The Labute approximate surface area is 116 Å². The van der Waals surface area contributed by atoms with Crippen LogP contribution in [0.5, 0.6) is 0 Å². The summed E-state index contributed by atoms with van der Waals surface area (Å²) < 4.78 is 26.3. The second-order valence-electron chi connectivity index (χ2n) is 5.13. The van der Waals surface area contributed by atoms with Crippen molar-refractivity contribution in [1.82, 2.24) is 4.90 Å². The lowest BCUT2D eigenvalue weighted by molar-refractivity contribution is 0.211. The third kappa shape index (κ3) is 2.44. The highest BCUT2D eigenvalue weighted by atomic mass is 19.1. The molecule has 4 heteroatoms. The summed E-state index contributed by atoms with van der Waals surface area (Å²) in [5, 5.41) is 0. The van der Waals surface area contributed by atoms with Crippen LogP contribution in [0.4, 0.5) is 8.78 Å². The summed E-state index contributed by atoms with van der Waals surface area (Å²) in [5.74, 6) is -0.471. The first-order valence-corrected chi connectivity index (χ1v) is 6.64. The topological polar surface area (TPSA) is 29.3 Å². The van der Waals surface area contributed by atoms with Gasteiger partial charge in [0, 0.05) is 25.7 Å². The summed E-state index contributed by atoms with van der Waals surface area (Å²) in [5.41, 5.74) is 8.95. The molecule has 1 aliphatic rings. The maximum Gasteiger partial charge on any atom is 0.123 e. The summed E-state index contributed by atoms with van der Waals surface area (Å²) in [6.45, 7) is 1.87. The molecule has 1 unspecified atom stereocenters. The van der Waals surface area contributed by atoms with Gasteiger partial charge >= 0.3 is 0 Å². The van der Waals surface area contributed by atoms with E-state index in [0.717, 1.165) is 23.2 Å². The Balaban J connectivity index is 1.83. The predicted octanol–water partition coefficient (Wildman–Crippen LogP) is 2.98. The molecule has 2 aromatic rings. The second-order valence-corrected chi connectivity index (χ2v) is 5.13. The quantitative estimate of drug-likeness (QED) is 0.932. The van der Waals surface area contributed by atoms with Gasteiger partial charge in [-0.25, -0.2) is 8.78 Å². The van der Waals surface area contributed by atoms with Crippen LogP contribution >= 0.6 is 0 Å². The minimum atomic E-state index is -0.240. The lowest BCUT2D eigenvalue weighted by Gasteiger charge is -2.23. The molecule has 2 N–H and O–H groups in total. The largest absolute Gasteiger partial charge is 0.329 e. The van der Waals surface area contributed by atoms with E-state index in [0.29, 0.717) is 13.1 Å². The molecule has 0 saturated carbocycles. The third-order valence-electron chi connectivity index (χ3n) is 3.80. The summed E-state index contributed by atoms with van der Waals surface area (Å²) in [4.78, 5) is 2.19. The highest BCUT2D eigenvalue weighted by Gasteiger charge is 2.29. The molecule has 3 rings (SSSR count). The number of hydrogen-bond donors (Lipinski definition) is 1. The Kier molecular flexibility index (Phi) is 3.51. The van der Waals surface area contributed by atoms with Crippen LogP contribution in [0.1, 0.15) is 22.7 Å². The van der Waals surface area contributed by atoms with Gasteiger partial charge in [0.25, 0.3) is 0 Å². The standard InChI is InChI=1S/C16H16F2N2/c17-13-4-1-11(2-5-13)9-20-10-12-3-6-14(18)7-15(12)16(20)8-19/h1-7,16H,8-10,19H2. The van der Waals surface area contributed by atoms with Crippen LogP contribution in [0.15, 0.2) is 42.5 Å². The lowest BCUT2D eigenvalue weighted by Crippen LogP contribution is -2.27. The van der Waals surface area contributed by atoms with E-state index in [9.17, 15) is 8.78 Å². The molecule has 0 aromatic heterocycles. The fourth-order valence-corrected chi connectivity index (χ4v) is 2.81. The van der Waals surface area contributed by atoms with Crippen molar-refractivity contribution >= 4 is 0 Å². The zero-order chi connectivity index (χ0) is 14.1. The molecule has 0 spiro atoms. The van der Waals surface area contributed by atoms with Gasteiger partial charge < -0.3 is 5.73 Å². The van der Waals surface area contributed by atoms with E-state index in [1.165, 1.54) is 18.2 Å². The number of halogens is 2. The molecule has 104 valence electrons. The van der Waals surface area contributed by atoms with Crippen LogP contribution in [-0.4, -0.2) is 11.4 Å². The summed E-state index contributed by atoms with van der Waals surface area (Å²) >= 11 is 0. The first-order valence-electron chi connectivity index (χ1n) is 6.64. The Morgan fingerprint density at radius 2 is 1.75 bits per heavy atom. The first kappa shape index (κ1) is 13.2. The van der Waals surface area contributed by atoms with Gasteiger partial charge in [-0.15, -0.1) is 0 Å². The lowest BCUT2D eigenvalue weighted by atomic mass is 10.0. The number of hydrogen-bond acceptors (Lipinski definition) is 2. The van der Waals surface area contributed by atoms with Crippen molar-refractivity contribution in [2.24, 2.45) is 5.73 Å². The molecule has 20 heavy (non-hydrogen) atoms. The van der Waals surface area contributed by atoms with Crippen molar-refractivity contribution in [2.75, 3.05) is 6.54 Å². The zero-order valence-corrected chi connectivity index (χ0v) is 11.0. The molecule has 1 atom stereocenters. The highest BCUT2D eigenvalue weighted by Crippen LogP contribution is 2.34. The van der Waals surface area contributed by atoms with Crippen LogP contribution in [-0.2, 0) is 13.1 Å². The van der Waals surface area contributed by atoms with Crippen molar-refractivity contribution in [3.63, 3.8) is 0 Å². The van der Waals surface area contributed by atoms with E-state index in [-0.39, 0.29) is 17.7 Å². The minimum Gasteiger partial charge on any atom is -0.329 e. The van der Waals surface area contributed by atoms with E-state index in [1.54, 1.807) is 18.2 Å². The maximum absolute atomic E-state index is 13.4. The third-order valence-corrected chi connectivity index (χ3v) is 3.80. The van der Waals surface area contributed by atoms with Gasteiger partial charge in [-0.05, 0) is 41.0 Å². The molecule has 0 fully saturated rings. The van der Waals surface area contributed by atoms with Gasteiger partial charge in [0.15, 0.2) is 0 Å². The van der Waals surface area contributed by atoms with E-state index in [4.69, 9.17) is 5.73 Å². The van der Waals surface area contributed by atoms with Crippen molar-refractivity contribution < 1.29 is 8.78 Å². The average Bonchev–Trinajstić information content (AvgIpc) is 2.78. The molecule has 0 aliphatic carbocycles. The molecule has 1 aliphatic heterocycles. The Morgan fingerprint density at radius 1 is 1.05 bits per heavy atom. The predicted molar refractivity (Wildman–Crippen MR) is 73.8 cm³/mol. The maximum atomic E-state index is 13.4. The number of rotatable bonds is 3. The number of benzene rings is 2. The summed E-state index contributed by atoms with van der Waals surface area (Å²) in [6, 6.07) is 11.3. The smallest absolute Gasteiger partial charge is 0.123 e. The molecular weight excluding hydrogens is 258 g/mol. The van der Waals surface area contributed by atoms with Crippen LogP contribution in [0.3, 0.4) is 0 Å². The number of fused-ring (bicyclic) bond motifs is 1.